The number of anilines is 1. The maximum atomic E-state index is 12.4. The van der Waals surface area contributed by atoms with Gasteiger partial charge in [-0.15, -0.1) is 0 Å². The Kier molecular flexibility index (Phi) is 7.75. The first-order valence-corrected chi connectivity index (χ1v) is 7.70. The molecular formula is C16H27N3O2. The highest BCUT2D eigenvalue weighted by atomic mass is 16.5. The Morgan fingerprint density at radius 3 is 2.71 bits per heavy atom. The standard InChI is InChI=1S/C16H27N3O2/c1-5-8-17-15-12-13(11-14(6-2)18-15)16(20)19(4)9-10-21-7-3/h11-12H,5-10H2,1-4H3,(H,17,18). The van der Waals surface area contributed by atoms with E-state index in [1.165, 1.54) is 0 Å². The number of hydrogen-bond acceptors (Lipinski definition) is 4. The van der Waals surface area contributed by atoms with Crippen molar-refractivity contribution in [3.05, 3.63) is 23.4 Å². The molecule has 118 valence electrons. The molecule has 0 aliphatic heterocycles. The molecule has 1 amide bonds. The zero-order valence-electron chi connectivity index (χ0n) is 13.6. The molecule has 21 heavy (non-hydrogen) atoms. The number of hydrogen-bond donors (Lipinski definition) is 1. The van der Waals surface area contributed by atoms with Crippen LogP contribution in [0.2, 0.25) is 0 Å². The smallest absolute Gasteiger partial charge is 0.253 e. The second-order valence-corrected chi connectivity index (χ2v) is 4.94. The minimum atomic E-state index is 0.00588. The van der Waals surface area contributed by atoms with Crippen LogP contribution in [-0.4, -0.2) is 49.1 Å². The highest BCUT2D eigenvalue weighted by Crippen LogP contribution is 2.13. The number of aryl methyl sites for hydroxylation is 1. The van der Waals surface area contributed by atoms with E-state index in [9.17, 15) is 4.79 Å². The number of carbonyl (C=O) groups excluding carboxylic acids is 1. The molecule has 0 aromatic carbocycles. The highest BCUT2D eigenvalue weighted by Gasteiger charge is 2.13. The molecule has 0 unspecified atom stereocenters. The van der Waals surface area contributed by atoms with Crippen LogP contribution in [0.1, 0.15) is 43.2 Å². The fourth-order valence-corrected chi connectivity index (χ4v) is 1.90. The Balaban J connectivity index is 2.81. The lowest BCUT2D eigenvalue weighted by Crippen LogP contribution is -2.30. The fraction of sp³-hybridized carbons (Fsp3) is 0.625. The molecule has 0 saturated carbocycles. The SMILES string of the molecule is CCCNc1cc(C(=O)N(C)CCOCC)cc(CC)n1. The van der Waals surface area contributed by atoms with Gasteiger partial charge in [0.1, 0.15) is 5.82 Å². The predicted octanol–water partition coefficient (Wildman–Crippen LogP) is 2.57. The van der Waals surface area contributed by atoms with Gasteiger partial charge in [-0.2, -0.15) is 0 Å². The molecule has 1 aromatic heterocycles. The molecule has 1 N–H and O–H groups in total. The first-order valence-electron chi connectivity index (χ1n) is 7.70. The summed E-state index contributed by atoms with van der Waals surface area (Å²) < 4.78 is 5.29. The molecule has 0 radical (unpaired) electrons. The molecule has 1 heterocycles. The molecule has 5 nitrogen and oxygen atoms in total. The summed E-state index contributed by atoms with van der Waals surface area (Å²) in [6.45, 7) is 8.77. The molecule has 0 atom stereocenters. The zero-order valence-corrected chi connectivity index (χ0v) is 13.6. The van der Waals surface area contributed by atoms with Gasteiger partial charge in [0, 0.05) is 38.0 Å². The van der Waals surface area contributed by atoms with Gasteiger partial charge in [-0.25, -0.2) is 4.98 Å². The van der Waals surface area contributed by atoms with Crippen LogP contribution in [0.5, 0.6) is 0 Å². The highest BCUT2D eigenvalue weighted by molar-refractivity contribution is 5.94. The summed E-state index contributed by atoms with van der Waals surface area (Å²) in [7, 11) is 1.80. The Bertz CT molecular complexity index is 449. The Morgan fingerprint density at radius 2 is 2.10 bits per heavy atom. The lowest BCUT2D eigenvalue weighted by atomic mass is 10.1. The second-order valence-electron chi connectivity index (χ2n) is 4.94. The summed E-state index contributed by atoms with van der Waals surface area (Å²) in [6, 6.07) is 3.70. The van der Waals surface area contributed by atoms with Crippen LogP contribution in [0.3, 0.4) is 0 Å². The minimum absolute atomic E-state index is 0.00588. The molecule has 0 aliphatic rings. The molecule has 0 bridgehead atoms. The van der Waals surface area contributed by atoms with Crippen LogP contribution < -0.4 is 5.32 Å². The van der Waals surface area contributed by atoms with E-state index in [1.54, 1.807) is 11.9 Å². The van der Waals surface area contributed by atoms with Gasteiger partial charge < -0.3 is 15.0 Å². The summed E-state index contributed by atoms with van der Waals surface area (Å²) in [5.41, 5.74) is 1.61. The third kappa shape index (κ3) is 5.71. The first-order chi connectivity index (χ1) is 10.1. The molecule has 5 heteroatoms. The van der Waals surface area contributed by atoms with Crippen LogP contribution in [-0.2, 0) is 11.2 Å². The zero-order chi connectivity index (χ0) is 15.7. The van der Waals surface area contributed by atoms with Gasteiger partial charge in [0.15, 0.2) is 0 Å². The third-order valence-electron chi connectivity index (χ3n) is 3.17. The number of aromatic nitrogens is 1. The van der Waals surface area contributed by atoms with Gasteiger partial charge >= 0.3 is 0 Å². The number of pyridine rings is 1. The second kappa shape index (κ2) is 9.34. The fourth-order valence-electron chi connectivity index (χ4n) is 1.90. The normalized spacial score (nSPS) is 10.5. The van der Waals surface area contributed by atoms with E-state index in [0.717, 1.165) is 30.9 Å². The summed E-state index contributed by atoms with van der Waals surface area (Å²) in [4.78, 5) is 18.6. The lowest BCUT2D eigenvalue weighted by Gasteiger charge is -2.18. The van der Waals surface area contributed by atoms with E-state index in [1.807, 2.05) is 26.0 Å². The van der Waals surface area contributed by atoms with Crippen molar-refractivity contribution in [3.63, 3.8) is 0 Å². The number of carbonyl (C=O) groups is 1. The summed E-state index contributed by atoms with van der Waals surface area (Å²) >= 11 is 0. The Morgan fingerprint density at radius 1 is 1.33 bits per heavy atom. The van der Waals surface area contributed by atoms with Crippen LogP contribution in [0, 0.1) is 0 Å². The molecule has 1 rings (SSSR count). The van der Waals surface area contributed by atoms with E-state index >= 15 is 0 Å². The summed E-state index contributed by atoms with van der Waals surface area (Å²) in [5, 5.41) is 3.25. The largest absolute Gasteiger partial charge is 0.380 e. The van der Waals surface area contributed by atoms with Crippen molar-refractivity contribution in [1.82, 2.24) is 9.88 Å². The summed E-state index contributed by atoms with van der Waals surface area (Å²) in [5.74, 6) is 0.782. The van der Waals surface area contributed by atoms with Crippen LogP contribution >= 0.6 is 0 Å². The number of rotatable bonds is 9. The number of amides is 1. The van der Waals surface area contributed by atoms with Gasteiger partial charge in [0.2, 0.25) is 0 Å². The number of nitrogens with one attached hydrogen (secondary N) is 1. The number of likely N-dealkylation sites (N-methyl/N-ethyl adjacent to an activating group) is 1. The van der Waals surface area contributed by atoms with Gasteiger partial charge in [-0.3, -0.25) is 4.79 Å². The van der Waals surface area contributed by atoms with Crippen LogP contribution in [0.25, 0.3) is 0 Å². The molecule has 0 aliphatic carbocycles. The van der Waals surface area contributed by atoms with Crippen molar-refractivity contribution in [2.45, 2.75) is 33.6 Å². The van der Waals surface area contributed by atoms with Crippen molar-refractivity contribution >= 4 is 11.7 Å². The van der Waals surface area contributed by atoms with E-state index in [0.29, 0.717) is 25.3 Å². The van der Waals surface area contributed by atoms with Gasteiger partial charge in [-0.05, 0) is 31.9 Å². The molecule has 1 aromatic rings. The summed E-state index contributed by atoms with van der Waals surface area (Å²) in [6.07, 6.45) is 1.83. The van der Waals surface area contributed by atoms with Crippen molar-refractivity contribution in [1.29, 1.82) is 0 Å². The van der Waals surface area contributed by atoms with E-state index in [2.05, 4.69) is 17.2 Å². The molecular weight excluding hydrogens is 266 g/mol. The predicted molar refractivity (Wildman–Crippen MR) is 85.8 cm³/mol. The monoisotopic (exact) mass is 293 g/mol. The molecule has 0 saturated heterocycles. The average Bonchev–Trinajstić information content (AvgIpc) is 2.51. The molecule has 0 spiro atoms. The van der Waals surface area contributed by atoms with Crippen molar-refractivity contribution < 1.29 is 9.53 Å². The average molecular weight is 293 g/mol. The Labute approximate surface area is 127 Å². The maximum absolute atomic E-state index is 12.4. The minimum Gasteiger partial charge on any atom is -0.380 e. The van der Waals surface area contributed by atoms with Crippen LogP contribution in [0.4, 0.5) is 5.82 Å². The number of nitrogens with zero attached hydrogens (tertiary/aromatic N) is 2. The van der Waals surface area contributed by atoms with Gasteiger partial charge in [-0.1, -0.05) is 13.8 Å². The van der Waals surface area contributed by atoms with Crippen molar-refractivity contribution in [3.8, 4) is 0 Å². The quantitative estimate of drug-likeness (QED) is 0.711. The van der Waals surface area contributed by atoms with E-state index in [4.69, 9.17) is 4.74 Å². The lowest BCUT2D eigenvalue weighted by molar-refractivity contribution is 0.0710. The maximum Gasteiger partial charge on any atom is 0.253 e. The van der Waals surface area contributed by atoms with E-state index < -0.39 is 0 Å². The first kappa shape index (κ1) is 17.4. The van der Waals surface area contributed by atoms with Crippen molar-refractivity contribution in [2.75, 3.05) is 38.7 Å². The number of ether oxygens (including phenoxy) is 1. The van der Waals surface area contributed by atoms with Crippen molar-refractivity contribution in [2.24, 2.45) is 0 Å². The van der Waals surface area contributed by atoms with E-state index in [-0.39, 0.29) is 5.91 Å². The van der Waals surface area contributed by atoms with Gasteiger partial charge in [0.05, 0.1) is 6.61 Å². The van der Waals surface area contributed by atoms with Gasteiger partial charge in [0.25, 0.3) is 5.91 Å². The van der Waals surface area contributed by atoms with Crippen LogP contribution in [0.15, 0.2) is 12.1 Å². The topological polar surface area (TPSA) is 54.5 Å². The Hall–Kier alpha value is -1.62. The third-order valence-corrected chi connectivity index (χ3v) is 3.17. The molecule has 0 fully saturated rings.